The Balaban J connectivity index is 1.90. The van der Waals surface area contributed by atoms with E-state index in [-0.39, 0.29) is 17.5 Å². The molecule has 2 heterocycles. The van der Waals surface area contributed by atoms with Crippen molar-refractivity contribution >= 4 is 11.8 Å². The third-order valence-electron chi connectivity index (χ3n) is 4.08. The molecule has 0 spiro atoms. The summed E-state index contributed by atoms with van der Waals surface area (Å²) >= 11 is 0. The fourth-order valence-corrected chi connectivity index (χ4v) is 2.75. The molecule has 1 saturated carbocycles. The second-order valence-electron chi connectivity index (χ2n) is 5.43. The lowest BCUT2D eigenvalue weighted by atomic mass is 10.0. The van der Waals surface area contributed by atoms with Crippen LogP contribution in [0, 0.1) is 5.92 Å². The summed E-state index contributed by atoms with van der Waals surface area (Å²) in [6, 6.07) is 1.34. The molecule has 2 aliphatic rings. The third-order valence-corrected chi connectivity index (χ3v) is 4.08. The molecule has 2 N–H and O–H groups in total. The smallest absolute Gasteiger partial charge is 0.308 e. The average Bonchev–Trinajstić information content (AvgIpc) is 3.11. The molecule has 0 amide bonds. The highest BCUT2D eigenvalue weighted by atomic mass is 16.4. The van der Waals surface area contributed by atoms with Crippen molar-refractivity contribution in [2.75, 3.05) is 11.4 Å². The first-order chi connectivity index (χ1) is 9.06. The molecule has 6 heteroatoms. The highest BCUT2D eigenvalue weighted by Gasteiger charge is 2.37. The average molecular weight is 263 g/mol. The Bertz CT molecular complexity index is 564. The van der Waals surface area contributed by atoms with E-state index in [0.717, 1.165) is 18.7 Å². The minimum atomic E-state index is -0.776. The Hall–Kier alpha value is -1.85. The Morgan fingerprint density at radius 3 is 2.79 bits per heavy atom. The molecule has 0 aromatic carbocycles. The number of aromatic amines is 1. The first-order valence-electron chi connectivity index (χ1n) is 6.67. The summed E-state index contributed by atoms with van der Waals surface area (Å²) in [6.45, 7) is 2.52. The number of hydrogen-bond acceptors (Lipinski definition) is 4. The highest BCUT2D eigenvalue weighted by Crippen LogP contribution is 2.38. The number of nitrogens with zero attached hydrogens (tertiary/aromatic N) is 2. The van der Waals surface area contributed by atoms with Gasteiger partial charge < -0.3 is 15.0 Å². The van der Waals surface area contributed by atoms with Gasteiger partial charge in [-0.1, -0.05) is 0 Å². The Morgan fingerprint density at radius 2 is 2.21 bits per heavy atom. The zero-order chi connectivity index (χ0) is 13.6. The Morgan fingerprint density at radius 1 is 1.47 bits per heavy atom. The van der Waals surface area contributed by atoms with Crippen molar-refractivity contribution in [2.24, 2.45) is 5.92 Å². The van der Waals surface area contributed by atoms with Gasteiger partial charge in [0.15, 0.2) is 0 Å². The van der Waals surface area contributed by atoms with E-state index in [9.17, 15) is 9.59 Å². The van der Waals surface area contributed by atoms with Gasteiger partial charge in [0, 0.05) is 24.6 Å². The third kappa shape index (κ3) is 2.22. The molecule has 19 heavy (non-hydrogen) atoms. The van der Waals surface area contributed by atoms with Crippen molar-refractivity contribution in [1.29, 1.82) is 0 Å². The van der Waals surface area contributed by atoms with Crippen LogP contribution in [-0.4, -0.2) is 33.6 Å². The van der Waals surface area contributed by atoms with Gasteiger partial charge in [0.05, 0.1) is 5.92 Å². The van der Waals surface area contributed by atoms with Crippen molar-refractivity contribution in [3.8, 4) is 0 Å². The van der Waals surface area contributed by atoms with E-state index in [1.54, 1.807) is 0 Å². The molecule has 2 fully saturated rings. The number of hydrogen-bond donors (Lipinski definition) is 2. The normalized spacial score (nSPS) is 26.7. The first-order valence-corrected chi connectivity index (χ1v) is 6.67. The van der Waals surface area contributed by atoms with Gasteiger partial charge in [-0.2, -0.15) is 0 Å². The second-order valence-corrected chi connectivity index (χ2v) is 5.43. The van der Waals surface area contributed by atoms with Crippen LogP contribution in [0.5, 0.6) is 0 Å². The largest absolute Gasteiger partial charge is 0.481 e. The molecule has 2 atom stereocenters. The van der Waals surface area contributed by atoms with E-state index < -0.39 is 5.97 Å². The minimum Gasteiger partial charge on any atom is -0.481 e. The molecular weight excluding hydrogens is 246 g/mol. The predicted octanol–water partition coefficient (Wildman–Crippen LogP) is 0.947. The number of aromatic nitrogens is 2. The number of rotatable bonds is 3. The maximum Gasteiger partial charge on any atom is 0.308 e. The molecule has 1 aromatic heterocycles. The van der Waals surface area contributed by atoms with Crippen molar-refractivity contribution in [1.82, 2.24) is 9.97 Å². The summed E-state index contributed by atoms with van der Waals surface area (Å²) in [5.41, 5.74) is -0.155. The topological polar surface area (TPSA) is 86.3 Å². The SMILES string of the molecule is CC1C(C(=O)O)CCN1c1cc(=O)[nH]c(C2CC2)n1. The number of nitrogens with one attached hydrogen (secondary N) is 1. The summed E-state index contributed by atoms with van der Waals surface area (Å²) in [5, 5.41) is 9.14. The van der Waals surface area contributed by atoms with Gasteiger partial charge in [-0.15, -0.1) is 0 Å². The van der Waals surface area contributed by atoms with E-state index in [2.05, 4.69) is 9.97 Å². The Labute approximate surface area is 110 Å². The van der Waals surface area contributed by atoms with Gasteiger partial charge >= 0.3 is 5.97 Å². The van der Waals surface area contributed by atoms with Crippen LogP contribution < -0.4 is 10.5 Å². The number of carboxylic acids is 1. The van der Waals surface area contributed by atoms with Gasteiger partial charge in [-0.25, -0.2) is 4.98 Å². The monoisotopic (exact) mass is 263 g/mol. The molecule has 1 aliphatic heterocycles. The van der Waals surface area contributed by atoms with Crippen molar-refractivity contribution in [2.45, 2.75) is 38.1 Å². The predicted molar refractivity (Wildman–Crippen MR) is 69.4 cm³/mol. The molecule has 1 aromatic rings. The molecule has 0 radical (unpaired) electrons. The van der Waals surface area contributed by atoms with Crippen LogP contribution in [0.15, 0.2) is 10.9 Å². The lowest BCUT2D eigenvalue weighted by Gasteiger charge is -2.24. The quantitative estimate of drug-likeness (QED) is 0.847. The van der Waals surface area contributed by atoms with Gasteiger partial charge in [-0.05, 0) is 26.2 Å². The molecule has 3 rings (SSSR count). The van der Waals surface area contributed by atoms with Crippen LogP contribution in [0.1, 0.15) is 37.9 Å². The minimum absolute atomic E-state index is 0.126. The number of aliphatic carboxylic acids is 1. The summed E-state index contributed by atoms with van der Waals surface area (Å²) < 4.78 is 0. The lowest BCUT2D eigenvalue weighted by molar-refractivity contribution is -0.141. The van der Waals surface area contributed by atoms with Gasteiger partial charge in [0.2, 0.25) is 0 Å². The maximum atomic E-state index is 11.7. The standard InChI is InChI=1S/C13H17N3O3/c1-7-9(13(18)19)4-5-16(7)10-6-11(17)15-12(14-10)8-2-3-8/h6-9H,2-5H2,1H3,(H,18,19)(H,14,15,17). The fourth-order valence-electron chi connectivity index (χ4n) is 2.75. The molecule has 1 aliphatic carbocycles. The van der Waals surface area contributed by atoms with Gasteiger partial charge in [0.1, 0.15) is 11.6 Å². The van der Waals surface area contributed by atoms with Crippen LogP contribution in [0.4, 0.5) is 5.82 Å². The van der Waals surface area contributed by atoms with E-state index in [4.69, 9.17) is 5.11 Å². The van der Waals surface area contributed by atoms with E-state index >= 15 is 0 Å². The molecule has 102 valence electrons. The van der Waals surface area contributed by atoms with Gasteiger partial charge in [0.25, 0.3) is 5.56 Å². The van der Waals surface area contributed by atoms with Crippen LogP contribution in [-0.2, 0) is 4.79 Å². The number of carbonyl (C=O) groups is 1. The molecule has 6 nitrogen and oxygen atoms in total. The van der Waals surface area contributed by atoms with Crippen LogP contribution in [0.25, 0.3) is 0 Å². The van der Waals surface area contributed by atoms with Crippen molar-refractivity contribution in [3.05, 3.63) is 22.2 Å². The van der Waals surface area contributed by atoms with Crippen LogP contribution >= 0.6 is 0 Å². The van der Waals surface area contributed by atoms with E-state index in [0.29, 0.717) is 24.7 Å². The summed E-state index contributed by atoms with van der Waals surface area (Å²) in [7, 11) is 0. The molecule has 0 bridgehead atoms. The summed E-state index contributed by atoms with van der Waals surface area (Å²) in [6.07, 6.45) is 2.74. The summed E-state index contributed by atoms with van der Waals surface area (Å²) in [4.78, 5) is 32.0. The van der Waals surface area contributed by atoms with Gasteiger partial charge in [-0.3, -0.25) is 9.59 Å². The number of carboxylic acid groups (broad SMARTS) is 1. The molecular formula is C13H17N3O3. The zero-order valence-corrected chi connectivity index (χ0v) is 10.8. The lowest BCUT2D eigenvalue weighted by Crippen LogP contribution is -2.34. The number of anilines is 1. The van der Waals surface area contributed by atoms with Crippen LogP contribution in [0.2, 0.25) is 0 Å². The van der Waals surface area contributed by atoms with E-state index in [1.807, 2.05) is 11.8 Å². The van der Waals surface area contributed by atoms with Crippen LogP contribution in [0.3, 0.4) is 0 Å². The Kier molecular flexibility index (Phi) is 2.80. The number of H-pyrrole nitrogens is 1. The van der Waals surface area contributed by atoms with Crippen molar-refractivity contribution < 1.29 is 9.90 Å². The molecule has 1 saturated heterocycles. The van der Waals surface area contributed by atoms with Crippen molar-refractivity contribution in [3.63, 3.8) is 0 Å². The zero-order valence-electron chi connectivity index (χ0n) is 10.8. The fraction of sp³-hybridized carbons (Fsp3) is 0.615. The molecule has 2 unspecified atom stereocenters. The highest BCUT2D eigenvalue weighted by molar-refractivity contribution is 5.72. The summed E-state index contributed by atoms with van der Waals surface area (Å²) in [5.74, 6) is 0.573. The van der Waals surface area contributed by atoms with E-state index in [1.165, 1.54) is 6.07 Å². The maximum absolute atomic E-state index is 11.7. The second kappa shape index (κ2) is 4.36. The first kappa shape index (κ1) is 12.2.